The first-order valence-corrected chi connectivity index (χ1v) is 10.2. The van der Waals surface area contributed by atoms with E-state index >= 15 is 0 Å². The number of carbonyl (C=O) groups is 1. The average molecular weight is 444 g/mol. The Morgan fingerprint density at radius 1 is 1.10 bits per heavy atom. The van der Waals surface area contributed by atoms with Gasteiger partial charge in [-0.05, 0) is 35.9 Å². The monoisotopic (exact) mass is 444 g/mol. The number of carbonyl (C=O) groups excluding carboxylic acids is 1. The zero-order chi connectivity index (χ0) is 22.1. The molecule has 0 bridgehead atoms. The van der Waals surface area contributed by atoms with Crippen LogP contribution in [0.1, 0.15) is 15.9 Å². The third kappa shape index (κ3) is 6.65. The van der Waals surface area contributed by atoms with Gasteiger partial charge in [-0.2, -0.15) is 8.78 Å². The molecule has 0 heterocycles. The van der Waals surface area contributed by atoms with Crippen LogP contribution in [0.25, 0.3) is 0 Å². The molecule has 0 aliphatic rings. The van der Waals surface area contributed by atoms with E-state index in [1.54, 1.807) is 0 Å². The third-order valence-corrected chi connectivity index (χ3v) is 5.36. The molecule has 0 fully saturated rings. The molecule has 8 nitrogen and oxygen atoms in total. The van der Waals surface area contributed by atoms with Crippen LogP contribution >= 0.6 is 0 Å². The lowest BCUT2D eigenvalue weighted by atomic mass is 10.1. The van der Waals surface area contributed by atoms with Gasteiger partial charge in [0.25, 0.3) is 5.91 Å². The first-order valence-electron chi connectivity index (χ1n) is 8.75. The average Bonchev–Trinajstić information content (AvgIpc) is 2.72. The number of hydrogen-bond acceptors (Lipinski definition) is 6. The minimum Gasteiger partial charge on any atom is -0.493 e. The molecule has 2 aromatic rings. The highest BCUT2D eigenvalue weighted by molar-refractivity contribution is 7.89. The number of nitrogens with one attached hydrogen (secondary N) is 2. The quantitative estimate of drug-likeness (QED) is 0.515. The molecule has 0 aliphatic heterocycles. The van der Waals surface area contributed by atoms with E-state index in [0.717, 1.165) is 0 Å². The van der Waals surface area contributed by atoms with Crippen LogP contribution in [0.4, 0.5) is 8.78 Å². The SMILES string of the molecule is COCCNS(=O)(=O)c1cccc(C(=O)NCc2ccc(OC(F)F)c(OC)c2)c1. The van der Waals surface area contributed by atoms with E-state index in [9.17, 15) is 22.0 Å². The fraction of sp³-hybridized carbons (Fsp3) is 0.316. The van der Waals surface area contributed by atoms with Crippen LogP contribution in [0.5, 0.6) is 11.5 Å². The van der Waals surface area contributed by atoms with Crippen molar-refractivity contribution < 1.29 is 36.2 Å². The summed E-state index contributed by atoms with van der Waals surface area (Å²) in [7, 11) is -1.02. The van der Waals surface area contributed by atoms with Crippen molar-refractivity contribution in [2.24, 2.45) is 0 Å². The van der Waals surface area contributed by atoms with Crippen molar-refractivity contribution >= 4 is 15.9 Å². The van der Waals surface area contributed by atoms with Crippen molar-refractivity contribution in [1.82, 2.24) is 10.0 Å². The highest BCUT2D eigenvalue weighted by Crippen LogP contribution is 2.29. The Bertz CT molecular complexity index is 969. The normalized spacial score (nSPS) is 11.4. The minimum absolute atomic E-state index is 0.0542. The summed E-state index contributed by atoms with van der Waals surface area (Å²) in [5.74, 6) is -0.533. The summed E-state index contributed by atoms with van der Waals surface area (Å²) < 4.78 is 65.9. The van der Waals surface area contributed by atoms with Crippen LogP contribution < -0.4 is 19.5 Å². The van der Waals surface area contributed by atoms with Gasteiger partial charge in [0.05, 0.1) is 18.6 Å². The van der Waals surface area contributed by atoms with Crippen molar-refractivity contribution in [1.29, 1.82) is 0 Å². The molecule has 2 aromatic carbocycles. The molecule has 2 N–H and O–H groups in total. The Kier molecular flexibility index (Phi) is 8.51. The highest BCUT2D eigenvalue weighted by atomic mass is 32.2. The van der Waals surface area contributed by atoms with Crippen LogP contribution in [0.2, 0.25) is 0 Å². The van der Waals surface area contributed by atoms with Gasteiger partial charge in [-0.3, -0.25) is 4.79 Å². The van der Waals surface area contributed by atoms with E-state index in [1.807, 2.05) is 0 Å². The first kappa shape index (κ1) is 23.5. The largest absolute Gasteiger partial charge is 0.493 e. The molecule has 0 spiro atoms. The van der Waals surface area contributed by atoms with E-state index < -0.39 is 22.5 Å². The van der Waals surface area contributed by atoms with Gasteiger partial charge in [0.15, 0.2) is 11.5 Å². The topological polar surface area (TPSA) is 103 Å². The van der Waals surface area contributed by atoms with Crippen LogP contribution in [-0.2, 0) is 21.3 Å². The summed E-state index contributed by atoms with van der Waals surface area (Å²) in [6.07, 6.45) is 0. The lowest BCUT2D eigenvalue weighted by molar-refractivity contribution is -0.0512. The molecule has 2 rings (SSSR count). The Hall–Kier alpha value is -2.76. The summed E-state index contributed by atoms with van der Waals surface area (Å²) in [6, 6.07) is 9.83. The van der Waals surface area contributed by atoms with Crippen LogP contribution in [0.15, 0.2) is 47.4 Å². The van der Waals surface area contributed by atoms with Gasteiger partial charge in [0.2, 0.25) is 10.0 Å². The molecule has 0 aromatic heterocycles. The number of methoxy groups -OCH3 is 2. The zero-order valence-electron chi connectivity index (χ0n) is 16.4. The molecular weight excluding hydrogens is 422 g/mol. The van der Waals surface area contributed by atoms with Gasteiger partial charge in [0, 0.05) is 25.8 Å². The van der Waals surface area contributed by atoms with Crippen molar-refractivity contribution in [3.05, 3.63) is 53.6 Å². The standard InChI is InChI=1S/C19H22F2N2O6S/c1-27-9-8-23-30(25,26)15-5-3-4-14(11-15)18(24)22-12-13-6-7-16(29-19(20)21)17(10-13)28-2/h3-7,10-11,19,23H,8-9,12H2,1-2H3,(H,22,24). The predicted octanol–water partition coefficient (Wildman–Crippen LogP) is 2.15. The van der Waals surface area contributed by atoms with Crippen LogP contribution in [0, 0.1) is 0 Å². The minimum atomic E-state index is -3.78. The predicted molar refractivity (Wildman–Crippen MR) is 104 cm³/mol. The Balaban J connectivity index is 2.06. The Morgan fingerprint density at radius 3 is 2.53 bits per heavy atom. The van der Waals surface area contributed by atoms with E-state index in [-0.39, 0.29) is 41.7 Å². The number of ether oxygens (including phenoxy) is 3. The van der Waals surface area contributed by atoms with Gasteiger partial charge >= 0.3 is 6.61 Å². The smallest absolute Gasteiger partial charge is 0.387 e. The fourth-order valence-electron chi connectivity index (χ4n) is 2.47. The molecule has 164 valence electrons. The number of alkyl halides is 2. The number of hydrogen-bond donors (Lipinski definition) is 2. The summed E-state index contributed by atoms with van der Waals surface area (Å²) in [5.41, 5.74) is 0.723. The summed E-state index contributed by atoms with van der Waals surface area (Å²) in [6.45, 7) is -2.61. The maximum Gasteiger partial charge on any atom is 0.387 e. The van der Waals surface area contributed by atoms with Crippen molar-refractivity contribution in [2.45, 2.75) is 18.1 Å². The van der Waals surface area contributed by atoms with Crippen LogP contribution in [-0.4, -0.2) is 48.3 Å². The van der Waals surface area contributed by atoms with Crippen molar-refractivity contribution in [2.75, 3.05) is 27.4 Å². The second kappa shape index (κ2) is 10.9. The maximum atomic E-state index is 12.4. The van der Waals surface area contributed by atoms with E-state index in [4.69, 9.17) is 9.47 Å². The fourth-order valence-corrected chi connectivity index (χ4v) is 3.52. The second-order valence-electron chi connectivity index (χ2n) is 5.96. The molecule has 11 heteroatoms. The lowest BCUT2D eigenvalue weighted by Crippen LogP contribution is -2.28. The number of amides is 1. The molecular formula is C19H22F2N2O6S. The molecule has 0 aliphatic carbocycles. The molecule has 0 unspecified atom stereocenters. The molecule has 0 saturated carbocycles. The Labute approximate surface area is 173 Å². The summed E-state index contributed by atoms with van der Waals surface area (Å²) in [4.78, 5) is 12.4. The highest BCUT2D eigenvalue weighted by Gasteiger charge is 2.16. The van der Waals surface area contributed by atoms with Gasteiger partial charge in [-0.1, -0.05) is 12.1 Å². The van der Waals surface area contributed by atoms with Gasteiger partial charge in [-0.15, -0.1) is 0 Å². The van der Waals surface area contributed by atoms with E-state index in [1.165, 1.54) is 56.7 Å². The molecule has 30 heavy (non-hydrogen) atoms. The molecule has 1 amide bonds. The van der Waals surface area contributed by atoms with E-state index in [0.29, 0.717) is 5.56 Å². The zero-order valence-corrected chi connectivity index (χ0v) is 17.2. The molecule has 0 saturated heterocycles. The van der Waals surface area contributed by atoms with Gasteiger partial charge in [0.1, 0.15) is 0 Å². The van der Waals surface area contributed by atoms with Crippen molar-refractivity contribution in [3.63, 3.8) is 0 Å². The van der Waals surface area contributed by atoms with Crippen molar-refractivity contribution in [3.8, 4) is 11.5 Å². The lowest BCUT2D eigenvalue weighted by Gasteiger charge is -2.12. The number of rotatable bonds is 11. The maximum absolute atomic E-state index is 12.4. The second-order valence-corrected chi connectivity index (χ2v) is 7.73. The van der Waals surface area contributed by atoms with Crippen LogP contribution in [0.3, 0.4) is 0 Å². The first-order chi connectivity index (χ1) is 14.3. The Morgan fingerprint density at radius 2 is 1.87 bits per heavy atom. The molecule has 0 radical (unpaired) electrons. The number of benzene rings is 2. The molecule has 0 atom stereocenters. The summed E-state index contributed by atoms with van der Waals surface area (Å²) >= 11 is 0. The third-order valence-electron chi connectivity index (χ3n) is 3.90. The number of sulfonamides is 1. The van der Waals surface area contributed by atoms with Gasteiger partial charge < -0.3 is 19.5 Å². The van der Waals surface area contributed by atoms with Gasteiger partial charge in [-0.25, -0.2) is 13.1 Å². The summed E-state index contributed by atoms with van der Waals surface area (Å²) in [5, 5.41) is 2.64. The number of halogens is 2. The van der Waals surface area contributed by atoms with E-state index in [2.05, 4.69) is 14.8 Å².